The van der Waals surface area contributed by atoms with Gasteiger partial charge in [-0.05, 0) is 30.3 Å². The fraction of sp³-hybridized carbons (Fsp3) is 0.238. The summed E-state index contributed by atoms with van der Waals surface area (Å²) >= 11 is 1.65. The first-order chi connectivity index (χ1) is 13.8. The van der Waals surface area contributed by atoms with Gasteiger partial charge in [0.25, 0.3) is 0 Å². The van der Waals surface area contributed by atoms with Gasteiger partial charge in [0, 0.05) is 43.3 Å². The van der Waals surface area contributed by atoms with Crippen LogP contribution in [0.15, 0.2) is 54.0 Å². The predicted octanol–water partition coefficient (Wildman–Crippen LogP) is 4.02. The van der Waals surface area contributed by atoms with Crippen LogP contribution in [0, 0.1) is 0 Å². The van der Waals surface area contributed by atoms with Crippen LogP contribution in [0.2, 0.25) is 0 Å². The van der Waals surface area contributed by atoms with E-state index in [2.05, 4.69) is 50.1 Å². The smallest absolute Gasteiger partial charge is 0.203 e. The molecule has 4 aromatic rings. The lowest BCUT2D eigenvalue weighted by Crippen LogP contribution is -2.47. The highest BCUT2D eigenvalue weighted by Gasteiger charge is 2.21. The van der Waals surface area contributed by atoms with E-state index in [1.165, 1.54) is 0 Å². The highest BCUT2D eigenvalue weighted by atomic mass is 32.1. The molecular weight excluding hydrogens is 370 g/mol. The van der Waals surface area contributed by atoms with Gasteiger partial charge in [0.1, 0.15) is 10.8 Å². The Hall–Kier alpha value is -3.06. The second kappa shape index (κ2) is 7.16. The van der Waals surface area contributed by atoms with Gasteiger partial charge >= 0.3 is 0 Å². The van der Waals surface area contributed by atoms with E-state index < -0.39 is 0 Å². The van der Waals surface area contributed by atoms with E-state index in [1.54, 1.807) is 18.4 Å². The summed E-state index contributed by atoms with van der Waals surface area (Å²) in [6.07, 6.45) is 1.84. The van der Waals surface area contributed by atoms with E-state index in [4.69, 9.17) is 9.72 Å². The molecule has 0 bridgehead atoms. The van der Waals surface area contributed by atoms with Crippen LogP contribution in [-0.4, -0.2) is 48.2 Å². The zero-order valence-electron chi connectivity index (χ0n) is 15.6. The van der Waals surface area contributed by atoms with Crippen LogP contribution in [0.3, 0.4) is 0 Å². The van der Waals surface area contributed by atoms with Crippen LogP contribution in [0.1, 0.15) is 0 Å². The molecule has 0 aliphatic carbocycles. The average molecular weight is 392 g/mol. The van der Waals surface area contributed by atoms with Crippen molar-refractivity contribution in [2.24, 2.45) is 0 Å². The number of nitrogens with zero attached hydrogens (tertiary/aromatic N) is 4. The lowest BCUT2D eigenvalue weighted by Gasteiger charge is -2.36. The number of hydrogen-bond acceptors (Lipinski definition) is 6. The number of thiazole rings is 1. The zero-order valence-corrected chi connectivity index (χ0v) is 16.4. The second-order valence-corrected chi connectivity index (χ2v) is 7.67. The maximum Gasteiger partial charge on any atom is 0.203 e. The number of aromatic amines is 1. The number of hydrogen-bond donors (Lipinski definition) is 1. The minimum atomic E-state index is 0.914. The Labute approximate surface area is 167 Å². The molecule has 0 radical (unpaired) electrons. The molecule has 1 fully saturated rings. The Morgan fingerprint density at radius 3 is 2.64 bits per heavy atom. The fourth-order valence-corrected chi connectivity index (χ4v) is 4.33. The van der Waals surface area contributed by atoms with Crippen LogP contribution in [0.25, 0.3) is 21.6 Å². The van der Waals surface area contributed by atoms with Crippen LogP contribution in [0.4, 0.5) is 11.6 Å². The third-order valence-corrected chi connectivity index (χ3v) is 5.98. The van der Waals surface area contributed by atoms with Crippen molar-refractivity contribution in [2.45, 2.75) is 0 Å². The largest absolute Gasteiger partial charge is 0.495 e. The molecule has 2 aromatic carbocycles. The zero-order chi connectivity index (χ0) is 18.9. The molecule has 0 atom stereocenters. The number of para-hydroxylation sites is 2. The quantitative estimate of drug-likeness (QED) is 0.569. The van der Waals surface area contributed by atoms with E-state index in [0.717, 1.165) is 65.2 Å². The monoisotopic (exact) mass is 391 g/mol. The Balaban J connectivity index is 1.34. The molecule has 1 aliphatic heterocycles. The summed E-state index contributed by atoms with van der Waals surface area (Å²) in [5.41, 5.74) is 4.32. The average Bonchev–Trinajstić information content (AvgIpc) is 3.43. The molecule has 28 heavy (non-hydrogen) atoms. The maximum atomic E-state index is 5.51. The normalized spacial score (nSPS) is 14.6. The van der Waals surface area contributed by atoms with Crippen LogP contribution >= 0.6 is 11.3 Å². The Kier molecular flexibility index (Phi) is 4.37. The number of methoxy groups -OCH3 is 1. The lowest BCUT2D eigenvalue weighted by atomic mass is 10.2. The van der Waals surface area contributed by atoms with Crippen molar-refractivity contribution in [3.63, 3.8) is 0 Å². The summed E-state index contributed by atoms with van der Waals surface area (Å²) in [7, 11) is 1.73. The van der Waals surface area contributed by atoms with Gasteiger partial charge in [-0.25, -0.2) is 9.97 Å². The highest BCUT2D eigenvalue weighted by Crippen LogP contribution is 2.30. The van der Waals surface area contributed by atoms with Gasteiger partial charge < -0.3 is 19.5 Å². The Morgan fingerprint density at radius 1 is 1.04 bits per heavy atom. The first-order valence-electron chi connectivity index (χ1n) is 9.34. The first kappa shape index (κ1) is 17.1. The summed E-state index contributed by atoms with van der Waals surface area (Å²) in [6, 6.07) is 14.5. The van der Waals surface area contributed by atoms with E-state index >= 15 is 0 Å². The Morgan fingerprint density at radius 2 is 1.86 bits per heavy atom. The molecule has 6 nitrogen and oxygen atoms in total. The predicted molar refractivity (Wildman–Crippen MR) is 115 cm³/mol. The van der Waals surface area contributed by atoms with E-state index in [0.29, 0.717) is 0 Å². The first-order valence-corrected chi connectivity index (χ1v) is 10.2. The van der Waals surface area contributed by atoms with Gasteiger partial charge in [0.15, 0.2) is 0 Å². The molecule has 0 amide bonds. The molecule has 1 N–H and O–H groups in total. The van der Waals surface area contributed by atoms with Gasteiger partial charge in [0.05, 0.1) is 23.8 Å². The number of ether oxygens (including phenoxy) is 1. The van der Waals surface area contributed by atoms with Crippen molar-refractivity contribution < 1.29 is 4.74 Å². The van der Waals surface area contributed by atoms with Crippen molar-refractivity contribution in [2.75, 3.05) is 43.1 Å². The summed E-state index contributed by atoms with van der Waals surface area (Å²) in [6.45, 7) is 3.69. The van der Waals surface area contributed by atoms with Gasteiger partial charge in [-0.2, -0.15) is 0 Å². The fourth-order valence-electron chi connectivity index (χ4n) is 3.70. The van der Waals surface area contributed by atoms with Crippen molar-refractivity contribution >= 4 is 34.0 Å². The molecule has 7 heteroatoms. The van der Waals surface area contributed by atoms with Gasteiger partial charge in [-0.1, -0.05) is 12.1 Å². The molecule has 142 valence electrons. The van der Waals surface area contributed by atoms with Gasteiger partial charge in [-0.3, -0.25) is 0 Å². The van der Waals surface area contributed by atoms with E-state index in [-0.39, 0.29) is 0 Å². The number of nitrogens with one attached hydrogen (secondary N) is 1. The standard InChI is InChI=1S/C21H21N5OS/c1-27-19-5-3-2-4-18(19)25-9-11-26(12-10-25)21-23-16-7-6-15(14-17(16)24-21)20-22-8-13-28-20/h2-8,13-14H,9-12H2,1H3,(H,23,24). The number of rotatable bonds is 4. The summed E-state index contributed by atoms with van der Waals surface area (Å²) in [5.74, 6) is 1.86. The molecule has 1 saturated heterocycles. The minimum Gasteiger partial charge on any atom is -0.495 e. The summed E-state index contributed by atoms with van der Waals surface area (Å²) in [4.78, 5) is 17.4. The van der Waals surface area contributed by atoms with Gasteiger partial charge in [-0.15, -0.1) is 11.3 Å². The van der Waals surface area contributed by atoms with Crippen LogP contribution in [-0.2, 0) is 0 Å². The molecule has 0 unspecified atom stereocenters. The SMILES string of the molecule is COc1ccccc1N1CCN(c2nc3ccc(-c4nccs4)cc3[nH]2)CC1. The Bertz CT molecular complexity index is 1080. The summed E-state index contributed by atoms with van der Waals surface area (Å²) < 4.78 is 5.51. The van der Waals surface area contributed by atoms with Crippen molar-refractivity contribution in [1.82, 2.24) is 15.0 Å². The van der Waals surface area contributed by atoms with Crippen molar-refractivity contribution in [1.29, 1.82) is 0 Å². The van der Waals surface area contributed by atoms with Crippen molar-refractivity contribution in [3.05, 3.63) is 54.0 Å². The number of benzene rings is 2. The number of anilines is 2. The summed E-state index contributed by atoms with van der Waals surface area (Å²) in [5, 5.41) is 3.03. The number of aromatic nitrogens is 3. The van der Waals surface area contributed by atoms with Crippen LogP contribution < -0.4 is 14.5 Å². The van der Waals surface area contributed by atoms with Crippen LogP contribution in [0.5, 0.6) is 5.75 Å². The van der Waals surface area contributed by atoms with Crippen molar-refractivity contribution in [3.8, 4) is 16.3 Å². The molecule has 2 aromatic heterocycles. The minimum absolute atomic E-state index is 0.914. The number of imidazole rings is 1. The molecule has 0 spiro atoms. The molecule has 3 heterocycles. The molecular formula is C21H21N5OS. The molecule has 1 aliphatic rings. The topological polar surface area (TPSA) is 57.3 Å². The maximum absolute atomic E-state index is 5.51. The van der Waals surface area contributed by atoms with Gasteiger partial charge in [0.2, 0.25) is 5.95 Å². The molecule has 5 rings (SSSR count). The number of fused-ring (bicyclic) bond motifs is 1. The third kappa shape index (κ3) is 3.07. The molecule has 0 saturated carbocycles. The third-order valence-electron chi connectivity index (χ3n) is 5.15. The van der Waals surface area contributed by atoms with E-state index in [1.807, 2.05) is 23.7 Å². The highest BCUT2D eigenvalue weighted by molar-refractivity contribution is 7.13. The number of H-pyrrole nitrogens is 1. The lowest BCUT2D eigenvalue weighted by molar-refractivity contribution is 0.413. The van der Waals surface area contributed by atoms with E-state index in [9.17, 15) is 0 Å². The number of piperazine rings is 1. The second-order valence-electron chi connectivity index (χ2n) is 6.78.